The highest BCUT2D eigenvalue weighted by molar-refractivity contribution is 7.15. The Morgan fingerprint density at radius 1 is 1.00 bits per heavy atom. The Hall–Kier alpha value is -2.57. The van der Waals surface area contributed by atoms with Crippen LogP contribution in [0.1, 0.15) is 11.1 Å². The van der Waals surface area contributed by atoms with Crippen LogP contribution in [0.15, 0.2) is 65.5 Å². The minimum absolute atomic E-state index is 0.125. The van der Waals surface area contributed by atoms with Crippen LogP contribution in [0.2, 0.25) is 15.1 Å². The van der Waals surface area contributed by atoms with Crippen molar-refractivity contribution in [1.82, 2.24) is 9.38 Å². The summed E-state index contributed by atoms with van der Waals surface area (Å²) in [5.74, 6) is 0.589. The number of nitrogens with zero attached hydrogens (tertiary/aromatic N) is 2. The lowest BCUT2D eigenvalue weighted by Crippen LogP contribution is -2.22. The zero-order valence-electron chi connectivity index (χ0n) is 15.8. The number of ether oxygens (including phenoxy) is 1. The first-order valence-corrected chi connectivity index (χ1v) is 11.2. The summed E-state index contributed by atoms with van der Waals surface area (Å²) in [7, 11) is 0. The minimum Gasteiger partial charge on any atom is -0.488 e. The van der Waals surface area contributed by atoms with Crippen molar-refractivity contribution in [3.63, 3.8) is 0 Å². The normalized spacial score (nSPS) is 12.2. The maximum atomic E-state index is 13.1. The predicted octanol–water partition coefficient (Wildman–Crippen LogP) is 6.00. The van der Waals surface area contributed by atoms with E-state index in [-0.39, 0.29) is 12.2 Å². The maximum Gasteiger partial charge on any atom is 0.274 e. The minimum atomic E-state index is -0.125. The van der Waals surface area contributed by atoms with Crippen LogP contribution in [0.4, 0.5) is 0 Å². The molecule has 2 aromatic heterocycles. The van der Waals surface area contributed by atoms with Crippen LogP contribution in [0.25, 0.3) is 22.1 Å². The Morgan fingerprint density at radius 3 is 2.61 bits per heavy atom. The van der Waals surface area contributed by atoms with Gasteiger partial charge in [0.15, 0.2) is 4.96 Å². The molecule has 0 spiro atoms. The molecule has 2 heterocycles. The van der Waals surface area contributed by atoms with Gasteiger partial charge in [-0.05, 0) is 48.5 Å². The monoisotopic (exact) mass is 486 g/mol. The molecular formula is C23H13Cl3N2O2S. The van der Waals surface area contributed by atoms with Crippen LogP contribution < -0.4 is 14.8 Å². The van der Waals surface area contributed by atoms with Crippen LogP contribution in [0.3, 0.4) is 0 Å². The van der Waals surface area contributed by atoms with Crippen molar-refractivity contribution in [2.45, 2.75) is 6.61 Å². The van der Waals surface area contributed by atoms with E-state index in [9.17, 15) is 4.79 Å². The first kappa shape index (κ1) is 20.3. The second-order valence-electron chi connectivity index (χ2n) is 6.84. The topological polar surface area (TPSA) is 43.6 Å². The Kier molecular flexibility index (Phi) is 5.36. The molecule has 3 aromatic carbocycles. The van der Waals surface area contributed by atoms with E-state index in [0.29, 0.717) is 35.9 Å². The molecule has 0 radical (unpaired) electrons. The Morgan fingerprint density at radius 2 is 1.77 bits per heavy atom. The van der Waals surface area contributed by atoms with Crippen molar-refractivity contribution in [2.75, 3.05) is 0 Å². The van der Waals surface area contributed by atoms with Gasteiger partial charge in [0.2, 0.25) is 0 Å². The molecule has 8 heteroatoms. The molecule has 4 nitrogen and oxygen atoms in total. The van der Waals surface area contributed by atoms with Gasteiger partial charge in [-0.3, -0.25) is 4.79 Å². The van der Waals surface area contributed by atoms with E-state index < -0.39 is 0 Å². The number of rotatable bonds is 4. The molecule has 0 aliphatic carbocycles. The van der Waals surface area contributed by atoms with Crippen molar-refractivity contribution in [3.05, 3.63) is 102 Å². The number of hydrogen-bond acceptors (Lipinski definition) is 4. The molecule has 0 unspecified atom stereocenters. The molecule has 0 bridgehead atoms. The molecule has 0 fully saturated rings. The zero-order valence-corrected chi connectivity index (χ0v) is 18.9. The molecule has 0 aliphatic heterocycles. The lowest BCUT2D eigenvalue weighted by Gasteiger charge is -2.11. The highest BCUT2D eigenvalue weighted by Gasteiger charge is 2.12. The average molecular weight is 488 g/mol. The third-order valence-electron chi connectivity index (χ3n) is 4.80. The van der Waals surface area contributed by atoms with E-state index in [2.05, 4.69) is 4.98 Å². The summed E-state index contributed by atoms with van der Waals surface area (Å²) in [5.41, 5.74) is 2.96. The van der Waals surface area contributed by atoms with E-state index >= 15 is 0 Å². The van der Waals surface area contributed by atoms with Gasteiger partial charge in [-0.15, -0.1) is 0 Å². The van der Waals surface area contributed by atoms with E-state index in [4.69, 9.17) is 39.5 Å². The number of hydrogen-bond donors (Lipinski definition) is 0. The van der Waals surface area contributed by atoms with Gasteiger partial charge < -0.3 is 4.74 Å². The fraction of sp³-hybridized carbons (Fsp3) is 0.0435. The van der Waals surface area contributed by atoms with Crippen LogP contribution in [0.5, 0.6) is 5.75 Å². The molecule has 5 rings (SSSR count). The van der Waals surface area contributed by atoms with Crippen molar-refractivity contribution in [2.24, 2.45) is 0 Å². The van der Waals surface area contributed by atoms with Gasteiger partial charge in [-0.25, -0.2) is 9.38 Å². The second-order valence-corrected chi connectivity index (χ2v) is 9.13. The summed E-state index contributed by atoms with van der Waals surface area (Å²) in [6.07, 6.45) is 1.78. The van der Waals surface area contributed by atoms with Crippen molar-refractivity contribution >= 4 is 68.2 Å². The van der Waals surface area contributed by atoms with Crippen LogP contribution in [-0.4, -0.2) is 9.38 Å². The second kappa shape index (κ2) is 8.17. The first-order chi connectivity index (χ1) is 15.0. The molecule has 154 valence electrons. The van der Waals surface area contributed by atoms with Crippen molar-refractivity contribution in [3.8, 4) is 5.75 Å². The van der Waals surface area contributed by atoms with Crippen LogP contribution in [0, 0.1) is 0 Å². The van der Waals surface area contributed by atoms with Gasteiger partial charge in [0, 0.05) is 26.2 Å². The number of thiazole rings is 1. The first-order valence-electron chi connectivity index (χ1n) is 9.27. The number of fused-ring (bicyclic) bond motifs is 3. The third kappa shape index (κ3) is 3.90. The highest BCUT2D eigenvalue weighted by atomic mass is 35.5. The fourth-order valence-electron chi connectivity index (χ4n) is 3.31. The number of benzene rings is 3. The molecule has 0 saturated carbocycles. The van der Waals surface area contributed by atoms with Gasteiger partial charge in [-0.1, -0.05) is 64.3 Å². The quantitative estimate of drug-likeness (QED) is 0.312. The summed E-state index contributed by atoms with van der Waals surface area (Å²) in [6, 6.07) is 18.1. The molecule has 0 amide bonds. The Balaban J connectivity index is 1.56. The number of imidazole rings is 1. The van der Waals surface area contributed by atoms with Crippen molar-refractivity contribution in [1.29, 1.82) is 0 Å². The summed E-state index contributed by atoms with van der Waals surface area (Å²) >= 11 is 19.8. The smallest absolute Gasteiger partial charge is 0.274 e. The summed E-state index contributed by atoms with van der Waals surface area (Å²) in [4.78, 5) is 18.3. The number of para-hydroxylation sites is 2. The van der Waals surface area contributed by atoms with Crippen LogP contribution in [-0.2, 0) is 6.61 Å². The maximum absolute atomic E-state index is 13.1. The Bertz CT molecular complexity index is 1560. The molecule has 31 heavy (non-hydrogen) atoms. The van der Waals surface area contributed by atoms with E-state index in [1.807, 2.05) is 30.3 Å². The number of aromatic nitrogens is 2. The zero-order chi connectivity index (χ0) is 21.5. The third-order valence-corrected chi connectivity index (χ3v) is 6.59. The van der Waals surface area contributed by atoms with Gasteiger partial charge in [-0.2, -0.15) is 0 Å². The van der Waals surface area contributed by atoms with Crippen LogP contribution >= 0.6 is 46.1 Å². The molecule has 0 atom stereocenters. The van der Waals surface area contributed by atoms with Gasteiger partial charge in [0.1, 0.15) is 12.4 Å². The molecule has 0 aliphatic rings. The van der Waals surface area contributed by atoms with Crippen molar-refractivity contribution < 1.29 is 4.74 Å². The molecular weight excluding hydrogens is 475 g/mol. The largest absolute Gasteiger partial charge is 0.488 e. The molecule has 5 aromatic rings. The molecule has 0 saturated heterocycles. The summed E-state index contributed by atoms with van der Waals surface area (Å²) in [6.45, 7) is 0.251. The Labute approximate surface area is 195 Å². The standard InChI is InChI=1S/C23H13Cl3N2O2S/c24-15-7-8-20(30-12-13-5-6-16(25)11-17(13)26)14(9-15)10-21-22(29)28-19-4-2-1-3-18(19)27-23(28)31-21/h1-11H,12H2/b21-10-. The lowest BCUT2D eigenvalue weighted by molar-refractivity contribution is 0.305. The summed E-state index contributed by atoms with van der Waals surface area (Å²) in [5, 5.41) is 1.63. The van der Waals surface area contributed by atoms with E-state index in [1.54, 1.807) is 40.8 Å². The van der Waals surface area contributed by atoms with Gasteiger partial charge in [0.05, 0.1) is 15.6 Å². The van der Waals surface area contributed by atoms with E-state index in [0.717, 1.165) is 16.6 Å². The summed E-state index contributed by atoms with van der Waals surface area (Å²) < 4.78 is 8.18. The average Bonchev–Trinajstić information content (AvgIpc) is 3.25. The lowest BCUT2D eigenvalue weighted by atomic mass is 10.2. The van der Waals surface area contributed by atoms with Gasteiger partial charge in [0.25, 0.3) is 5.56 Å². The SMILES string of the molecule is O=c1/c(=C/c2cc(Cl)ccc2OCc2ccc(Cl)cc2Cl)sc2nc3ccccc3n12. The predicted molar refractivity (Wildman–Crippen MR) is 128 cm³/mol. The highest BCUT2D eigenvalue weighted by Crippen LogP contribution is 2.27. The number of halogens is 3. The van der Waals surface area contributed by atoms with E-state index in [1.165, 1.54) is 11.3 Å². The van der Waals surface area contributed by atoms with Gasteiger partial charge >= 0.3 is 0 Å². The molecule has 0 N–H and O–H groups in total. The fourth-order valence-corrected chi connectivity index (χ4v) is 4.93.